The number of carbonyl (C=O) groups is 1. The minimum atomic E-state index is -0.364. The Hall–Kier alpha value is -1.31. The van der Waals surface area contributed by atoms with Gasteiger partial charge in [-0.25, -0.2) is 4.79 Å². The standard InChI is InChI=1S/C11H16O2/c1-4-6-7-9-11(12)13-10(3)8-5-2/h4,6-7,9H,3,5,8H2,1-2H3/b6-4+,9-7+. The summed E-state index contributed by atoms with van der Waals surface area (Å²) in [7, 11) is 0. The van der Waals surface area contributed by atoms with E-state index in [0.717, 1.165) is 12.8 Å². The lowest BCUT2D eigenvalue weighted by molar-refractivity contribution is -0.133. The predicted octanol–water partition coefficient (Wildman–Crippen LogP) is 2.98. The largest absolute Gasteiger partial charge is 0.429 e. The summed E-state index contributed by atoms with van der Waals surface area (Å²) in [5.41, 5.74) is 0. The molecule has 0 saturated carbocycles. The lowest BCUT2D eigenvalue weighted by Gasteiger charge is -2.01. The van der Waals surface area contributed by atoms with Gasteiger partial charge < -0.3 is 4.74 Å². The molecule has 0 bridgehead atoms. The number of rotatable bonds is 5. The molecular formula is C11H16O2. The molecule has 0 aromatic rings. The molecule has 0 aromatic heterocycles. The topological polar surface area (TPSA) is 26.3 Å². The molecule has 0 rings (SSSR count). The molecule has 0 heterocycles. The molecule has 72 valence electrons. The van der Waals surface area contributed by atoms with Crippen molar-refractivity contribution in [2.45, 2.75) is 26.7 Å². The van der Waals surface area contributed by atoms with Gasteiger partial charge in [0.25, 0.3) is 0 Å². The Morgan fingerprint density at radius 3 is 2.69 bits per heavy atom. The van der Waals surface area contributed by atoms with Gasteiger partial charge >= 0.3 is 5.97 Å². The van der Waals surface area contributed by atoms with E-state index in [1.807, 2.05) is 19.9 Å². The van der Waals surface area contributed by atoms with Crippen LogP contribution in [0.25, 0.3) is 0 Å². The second-order valence-electron chi connectivity index (χ2n) is 2.59. The molecule has 0 fully saturated rings. The molecule has 0 saturated heterocycles. The van der Waals surface area contributed by atoms with Crippen LogP contribution >= 0.6 is 0 Å². The highest BCUT2D eigenvalue weighted by Gasteiger charge is 1.98. The van der Waals surface area contributed by atoms with Gasteiger partial charge in [0.1, 0.15) is 5.76 Å². The van der Waals surface area contributed by atoms with Crippen LogP contribution in [0.15, 0.2) is 36.6 Å². The normalized spacial score (nSPS) is 10.9. The van der Waals surface area contributed by atoms with Crippen LogP contribution in [0.3, 0.4) is 0 Å². The van der Waals surface area contributed by atoms with Crippen molar-refractivity contribution < 1.29 is 9.53 Å². The van der Waals surface area contributed by atoms with Crippen LogP contribution < -0.4 is 0 Å². The van der Waals surface area contributed by atoms with Crippen molar-refractivity contribution in [3.8, 4) is 0 Å². The van der Waals surface area contributed by atoms with Gasteiger partial charge in [0, 0.05) is 12.5 Å². The van der Waals surface area contributed by atoms with Gasteiger partial charge in [0.15, 0.2) is 0 Å². The number of hydrogen-bond donors (Lipinski definition) is 0. The van der Waals surface area contributed by atoms with Gasteiger partial charge in [0.05, 0.1) is 0 Å². The summed E-state index contributed by atoms with van der Waals surface area (Å²) in [6, 6.07) is 0. The first kappa shape index (κ1) is 11.7. The third-order valence-electron chi connectivity index (χ3n) is 1.31. The highest BCUT2D eigenvalue weighted by Crippen LogP contribution is 2.03. The lowest BCUT2D eigenvalue weighted by atomic mass is 10.3. The van der Waals surface area contributed by atoms with E-state index in [-0.39, 0.29) is 5.97 Å². The van der Waals surface area contributed by atoms with Crippen molar-refractivity contribution in [1.82, 2.24) is 0 Å². The SMILES string of the molecule is C=C(CCC)OC(=O)/C=C/C=C/C. The highest BCUT2D eigenvalue weighted by molar-refractivity contribution is 5.83. The Bertz CT molecular complexity index is 224. The molecule has 2 heteroatoms. The van der Waals surface area contributed by atoms with Crippen molar-refractivity contribution in [3.63, 3.8) is 0 Å². The van der Waals surface area contributed by atoms with E-state index in [0.29, 0.717) is 5.76 Å². The second-order valence-corrected chi connectivity index (χ2v) is 2.59. The van der Waals surface area contributed by atoms with E-state index >= 15 is 0 Å². The molecule has 0 N–H and O–H groups in total. The van der Waals surface area contributed by atoms with E-state index in [4.69, 9.17) is 4.74 Å². The molecule has 0 spiro atoms. The highest BCUT2D eigenvalue weighted by atomic mass is 16.5. The summed E-state index contributed by atoms with van der Waals surface area (Å²) in [6.07, 6.45) is 8.28. The lowest BCUT2D eigenvalue weighted by Crippen LogP contribution is -1.99. The maximum absolute atomic E-state index is 11.0. The predicted molar refractivity (Wildman–Crippen MR) is 54.1 cm³/mol. The molecule has 0 aliphatic rings. The molecule has 0 amide bonds. The number of carbonyl (C=O) groups excluding carboxylic acids is 1. The van der Waals surface area contributed by atoms with Crippen LogP contribution in [0.5, 0.6) is 0 Å². The molecule has 0 radical (unpaired) electrons. The summed E-state index contributed by atoms with van der Waals surface area (Å²) in [4.78, 5) is 11.0. The Kier molecular flexibility index (Phi) is 6.60. The summed E-state index contributed by atoms with van der Waals surface area (Å²) in [6.45, 7) is 7.51. The molecule has 2 nitrogen and oxygen atoms in total. The number of allylic oxidation sites excluding steroid dienone is 4. The second kappa shape index (κ2) is 7.35. The van der Waals surface area contributed by atoms with Crippen LogP contribution in [0.4, 0.5) is 0 Å². The van der Waals surface area contributed by atoms with Gasteiger partial charge in [-0.2, -0.15) is 0 Å². The molecular weight excluding hydrogens is 164 g/mol. The van der Waals surface area contributed by atoms with Crippen molar-refractivity contribution in [2.24, 2.45) is 0 Å². The molecule has 0 unspecified atom stereocenters. The van der Waals surface area contributed by atoms with Crippen molar-refractivity contribution >= 4 is 5.97 Å². The smallest absolute Gasteiger partial charge is 0.335 e. The van der Waals surface area contributed by atoms with Crippen LogP contribution in [0, 0.1) is 0 Å². The zero-order valence-corrected chi connectivity index (χ0v) is 8.25. The molecule has 0 aromatic carbocycles. The quantitative estimate of drug-likeness (QED) is 0.281. The van der Waals surface area contributed by atoms with Gasteiger partial charge in [0.2, 0.25) is 0 Å². The Labute approximate surface area is 79.6 Å². The van der Waals surface area contributed by atoms with E-state index < -0.39 is 0 Å². The molecule has 0 aliphatic carbocycles. The Morgan fingerprint density at radius 2 is 2.15 bits per heavy atom. The van der Waals surface area contributed by atoms with E-state index in [2.05, 4.69) is 6.58 Å². The zero-order chi connectivity index (χ0) is 10.1. The molecule has 0 atom stereocenters. The fourth-order valence-corrected chi connectivity index (χ4v) is 0.751. The van der Waals surface area contributed by atoms with E-state index in [9.17, 15) is 4.79 Å². The van der Waals surface area contributed by atoms with Crippen molar-refractivity contribution in [1.29, 1.82) is 0 Å². The van der Waals surface area contributed by atoms with Crippen LogP contribution in [0.2, 0.25) is 0 Å². The third kappa shape index (κ3) is 7.06. The number of hydrogen-bond acceptors (Lipinski definition) is 2. The first-order valence-corrected chi connectivity index (χ1v) is 4.39. The molecule has 0 aliphatic heterocycles. The average molecular weight is 180 g/mol. The zero-order valence-electron chi connectivity index (χ0n) is 8.25. The van der Waals surface area contributed by atoms with Gasteiger partial charge in [-0.05, 0) is 13.3 Å². The fourth-order valence-electron chi connectivity index (χ4n) is 0.751. The first-order chi connectivity index (χ1) is 6.20. The van der Waals surface area contributed by atoms with E-state index in [1.54, 1.807) is 12.2 Å². The maximum atomic E-state index is 11.0. The number of ether oxygens (including phenoxy) is 1. The minimum Gasteiger partial charge on any atom is -0.429 e. The van der Waals surface area contributed by atoms with Gasteiger partial charge in [-0.3, -0.25) is 0 Å². The summed E-state index contributed by atoms with van der Waals surface area (Å²) in [5.74, 6) is 0.161. The van der Waals surface area contributed by atoms with E-state index in [1.165, 1.54) is 6.08 Å². The van der Waals surface area contributed by atoms with Gasteiger partial charge in [-0.15, -0.1) is 0 Å². The summed E-state index contributed by atoms with van der Waals surface area (Å²) < 4.78 is 4.88. The number of esters is 1. The van der Waals surface area contributed by atoms with Crippen molar-refractivity contribution in [2.75, 3.05) is 0 Å². The summed E-state index contributed by atoms with van der Waals surface area (Å²) in [5, 5.41) is 0. The fraction of sp³-hybridized carbons (Fsp3) is 0.364. The van der Waals surface area contributed by atoms with Crippen LogP contribution in [-0.4, -0.2) is 5.97 Å². The maximum Gasteiger partial charge on any atom is 0.335 e. The first-order valence-electron chi connectivity index (χ1n) is 4.39. The minimum absolute atomic E-state index is 0.364. The van der Waals surface area contributed by atoms with Crippen molar-refractivity contribution in [3.05, 3.63) is 36.6 Å². The average Bonchev–Trinajstić information content (AvgIpc) is 2.05. The monoisotopic (exact) mass is 180 g/mol. The third-order valence-corrected chi connectivity index (χ3v) is 1.31. The Balaban J connectivity index is 3.80. The van der Waals surface area contributed by atoms with Crippen LogP contribution in [0.1, 0.15) is 26.7 Å². The van der Waals surface area contributed by atoms with Crippen LogP contribution in [-0.2, 0) is 9.53 Å². The summed E-state index contributed by atoms with van der Waals surface area (Å²) >= 11 is 0. The Morgan fingerprint density at radius 1 is 1.46 bits per heavy atom. The molecule has 13 heavy (non-hydrogen) atoms. The van der Waals surface area contributed by atoms with Gasteiger partial charge in [-0.1, -0.05) is 31.7 Å².